The lowest BCUT2D eigenvalue weighted by Gasteiger charge is -2.08. The van der Waals surface area contributed by atoms with Crippen LogP contribution < -0.4 is 0 Å². The van der Waals surface area contributed by atoms with E-state index in [1.807, 2.05) is 48.5 Å². The van der Waals surface area contributed by atoms with Gasteiger partial charge in [-0.2, -0.15) is 5.10 Å². The molecule has 25 heavy (non-hydrogen) atoms. The summed E-state index contributed by atoms with van der Waals surface area (Å²) in [5.41, 5.74) is 2.99. The van der Waals surface area contributed by atoms with Crippen LogP contribution in [0.1, 0.15) is 17.3 Å². The predicted molar refractivity (Wildman–Crippen MR) is 99.5 cm³/mol. The van der Waals surface area contributed by atoms with E-state index in [4.69, 9.17) is 12.2 Å². The lowest BCUT2D eigenvalue weighted by atomic mass is 10.1. The number of hydrogen-bond donors (Lipinski definition) is 1. The lowest BCUT2D eigenvalue weighted by Crippen LogP contribution is -2.01. The number of nitrogens with one attached hydrogen (secondary N) is 1. The van der Waals surface area contributed by atoms with Crippen LogP contribution in [0.25, 0.3) is 28.1 Å². The molecule has 0 amide bonds. The van der Waals surface area contributed by atoms with Crippen molar-refractivity contribution in [2.24, 2.45) is 0 Å². The molecule has 122 valence electrons. The van der Waals surface area contributed by atoms with Crippen LogP contribution in [0.3, 0.4) is 0 Å². The second-order valence-corrected chi connectivity index (χ2v) is 6.07. The van der Waals surface area contributed by atoms with Crippen LogP contribution in [-0.2, 0) is 0 Å². The van der Waals surface area contributed by atoms with Crippen molar-refractivity contribution in [3.05, 3.63) is 71.0 Å². The first-order valence-electron chi connectivity index (χ1n) is 7.78. The third kappa shape index (κ3) is 2.77. The molecule has 5 nitrogen and oxygen atoms in total. The summed E-state index contributed by atoms with van der Waals surface area (Å²) in [6.45, 7) is 1.54. The molecule has 0 unspecified atom stereocenters. The smallest absolute Gasteiger partial charge is 0.200 e. The minimum atomic E-state index is 0.00208. The zero-order valence-electron chi connectivity index (χ0n) is 13.4. The molecule has 0 saturated heterocycles. The molecule has 0 aliphatic carbocycles. The zero-order chi connectivity index (χ0) is 17.4. The highest BCUT2D eigenvalue weighted by Gasteiger charge is 2.13. The largest absolute Gasteiger partial charge is 0.295 e. The van der Waals surface area contributed by atoms with Crippen molar-refractivity contribution in [2.45, 2.75) is 6.92 Å². The number of ketones is 1. The molecule has 0 aliphatic heterocycles. The molecule has 0 spiro atoms. The second-order valence-electron chi connectivity index (χ2n) is 5.68. The topological polar surface area (TPSA) is 63.6 Å². The molecule has 0 radical (unpaired) electrons. The summed E-state index contributed by atoms with van der Waals surface area (Å²) in [5, 5.41) is 8.22. The van der Waals surface area contributed by atoms with E-state index in [-0.39, 0.29) is 5.78 Å². The third-order valence-electron chi connectivity index (χ3n) is 4.01. The average molecular weight is 346 g/mol. The fourth-order valence-corrected chi connectivity index (χ4v) is 3.00. The van der Waals surface area contributed by atoms with Gasteiger partial charge >= 0.3 is 0 Å². The number of carbonyl (C=O) groups is 1. The first-order chi connectivity index (χ1) is 12.1. The number of hydrogen-bond acceptors (Lipinski definition) is 4. The molecular weight excluding hydrogens is 332 g/mol. The van der Waals surface area contributed by atoms with Gasteiger partial charge in [-0.1, -0.05) is 36.4 Å². The van der Waals surface area contributed by atoms with Crippen molar-refractivity contribution < 1.29 is 4.79 Å². The molecule has 2 aromatic heterocycles. The van der Waals surface area contributed by atoms with Gasteiger partial charge < -0.3 is 0 Å². The van der Waals surface area contributed by atoms with Gasteiger partial charge in [0.15, 0.2) is 16.4 Å². The van der Waals surface area contributed by atoms with Crippen LogP contribution in [-0.4, -0.2) is 25.5 Å². The van der Waals surface area contributed by atoms with Gasteiger partial charge in [0.2, 0.25) is 0 Å². The van der Waals surface area contributed by atoms with Crippen LogP contribution >= 0.6 is 12.2 Å². The number of rotatable bonds is 3. The number of H-pyrrole nitrogens is 1. The monoisotopic (exact) mass is 346 g/mol. The van der Waals surface area contributed by atoms with Gasteiger partial charge in [-0.25, -0.2) is 4.98 Å². The molecule has 0 bridgehead atoms. The number of carbonyl (C=O) groups excluding carboxylic acids is 1. The minimum absolute atomic E-state index is 0.00208. The molecule has 4 aromatic rings. The van der Waals surface area contributed by atoms with Gasteiger partial charge in [-0.15, -0.1) is 0 Å². The number of para-hydroxylation sites is 1. The molecule has 0 aliphatic rings. The summed E-state index contributed by atoms with van der Waals surface area (Å²) in [6, 6.07) is 19.1. The normalized spacial score (nSPS) is 10.9. The Kier molecular flexibility index (Phi) is 3.74. The van der Waals surface area contributed by atoms with Gasteiger partial charge in [0.05, 0.1) is 11.2 Å². The Morgan fingerprint density at radius 1 is 1.08 bits per heavy atom. The molecule has 2 aromatic carbocycles. The van der Waals surface area contributed by atoms with Crippen molar-refractivity contribution in [3.63, 3.8) is 0 Å². The predicted octanol–water partition coefficient (Wildman–Crippen LogP) is 4.35. The van der Waals surface area contributed by atoms with Crippen LogP contribution in [0.5, 0.6) is 0 Å². The van der Waals surface area contributed by atoms with Crippen LogP contribution in [0.4, 0.5) is 0 Å². The van der Waals surface area contributed by atoms with Crippen molar-refractivity contribution in [3.8, 4) is 17.2 Å². The Hall–Kier alpha value is -3.12. The van der Waals surface area contributed by atoms with Crippen molar-refractivity contribution in [2.75, 3.05) is 0 Å². The van der Waals surface area contributed by atoms with E-state index in [0.717, 1.165) is 16.6 Å². The molecule has 4 rings (SSSR count). The number of fused-ring (bicyclic) bond motifs is 1. The van der Waals surface area contributed by atoms with Gasteiger partial charge in [0.1, 0.15) is 5.69 Å². The Bertz CT molecular complexity index is 1160. The fraction of sp³-hybridized carbons (Fsp3) is 0.0526. The summed E-state index contributed by atoms with van der Waals surface area (Å²) in [5.74, 6) is 0.610. The summed E-state index contributed by atoms with van der Waals surface area (Å²) in [7, 11) is 0. The van der Waals surface area contributed by atoms with E-state index >= 15 is 0 Å². The molecule has 6 heteroatoms. The zero-order valence-corrected chi connectivity index (χ0v) is 14.2. The molecule has 0 saturated carbocycles. The lowest BCUT2D eigenvalue weighted by molar-refractivity contribution is 0.101. The second kappa shape index (κ2) is 6.07. The Balaban J connectivity index is 1.91. The summed E-state index contributed by atoms with van der Waals surface area (Å²) in [6.07, 6.45) is 0. The quantitative estimate of drug-likeness (QED) is 0.442. The maximum Gasteiger partial charge on any atom is 0.200 e. The number of pyridine rings is 1. The van der Waals surface area contributed by atoms with E-state index < -0.39 is 0 Å². The SMILES string of the molecule is CC(=O)c1cccc(-n2c(-c3ccc4ccccc4n3)n[nH]c2=S)c1. The first-order valence-corrected chi connectivity index (χ1v) is 8.19. The third-order valence-corrected chi connectivity index (χ3v) is 4.28. The van der Waals surface area contributed by atoms with Crippen molar-refractivity contribution in [1.82, 2.24) is 19.7 Å². The van der Waals surface area contributed by atoms with E-state index in [9.17, 15) is 4.79 Å². The van der Waals surface area contributed by atoms with E-state index in [1.165, 1.54) is 0 Å². The van der Waals surface area contributed by atoms with Gasteiger partial charge in [-0.3, -0.25) is 14.5 Å². The Morgan fingerprint density at radius 2 is 1.92 bits per heavy atom. The maximum atomic E-state index is 11.7. The molecule has 0 atom stereocenters. The summed E-state index contributed by atoms with van der Waals surface area (Å²) < 4.78 is 2.24. The van der Waals surface area contributed by atoms with Crippen LogP contribution in [0.2, 0.25) is 0 Å². The molecule has 1 N–H and O–H groups in total. The highest BCUT2D eigenvalue weighted by Crippen LogP contribution is 2.23. The van der Waals surface area contributed by atoms with Crippen LogP contribution in [0.15, 0.2) is 60.7 Å². The molecule has 0 fully saturated rings. The number of aromatic amines is 1. The van der Waals surface area contributed by atoms with E-state index in [0.29, 0.717) is 21.9 Å². The summed E-state index contributed by atoms with van der Waals surface area (Å²) in [4.78, 5) is 16.4. The Labute approximate surface area is 149 Å². The first kappa shape index (κ1) is 15.4. The highest BCUT2D eigenvalue weighted by atomic mass is 32.1. The fourth-order valence-electron chi connectivity index (χ4n) is 2.76. The number of benzene rings is 2. The highest BCUT2D eigenvalue weighted by molar-refractivity contribution is 7.71. The number of Topliss-reactive ketones (excluding diaryl/α,β-unsaturated/α-hetero) is 1. The van der Waals surface area contributed by atoms with Gasteiger partial charge in [-0.05, 0) is 43.4 Å². The number of nitrogens with zero attached hydrogens (tertiary/aromatic N) is 3. The van der Waals surface area contributed by atoms with Gasteiger partial charge in [0, 0.05) is 10.9 Å². The van der Waals surface area contributed by atoms with Crippen LogP contribution in [0, 0.1) is 4.77 Å². The van der Waals surface area contributed by atoms with E-state index in [2.05, 4.69) is 15.2 Å². The summed E-state index contributed by atoms with van der Waals surface area (Å²) >= 11 is 5.39. The van der Waals surface area contributed by atoms with Crippen molar-refractivity contribution in [1.29, 1.82) is 0 Å². The Morgan fingerprint density at radius 3 is 2.76 bits per heavy atom. The van der Waals surface area contributed by atoms with Gasteiger partial charge in [0.25, 0.3) is 0 Å². The molecular formula is C19H14N4OS. The van der Waals surface area contributed by atoms with E-state index in [1.54, 1.807) is 23.6 Å². The van der Waals surface area contributed by atoms with Crippen molar-refractivity contribution >= 4 is 28.9 Å². The maximum absolute atomic E-state index is 11.7. The average Bonchev–Trinajstić information content (AvgIpc) is 3.03. The minimum Gasteiger partial charge on any atom is -0.295 e. The molecule has 2 heterocycles. The standard InChI is InChI=1S/C19H14N4OS/c1-12(24)14-6-4-7-15(11-14)23-18(21-22-19(23)25)17-10-9-13-5-2-3-8-16(13)20-17/h2-11H,1H3,(H,22,25). The number of aromatic nitrogens is 4.